The minimum Gasteiger partial charge on any atom is -0.478 e. The Morgan fingerprint density at radius 3 is 2.81 bits per heavy atom. The third kappa shape index (κ3) is 3.93. The highest BCUT2D eigenvalue weighted by Gasteiger charge is 2.13. The molecule has 1 aromatic heterocycles. The van der Waals surface area contributed by atoms with Crippen molar-refractivity contribution in [2.24, 2.45) is 7.05 Å². The van der Waals surface area contributed by atoms with E-state index in [1.807, 2.05) is 0 Å². The molecule has 1 aromatic carbocycles. The molecule has 0 spiro atoms. The van der Waals surface area contributed by atoms with Gasteiger partial charge in [0.15, 0.2) is 5.82 Å². The average molecular weight is 310 g/mol. The molecule has 0 atom stereocenters. The number of aromatic nitrogens is 3. The third-order valence-corrected chi connectivity index (χ3v) is 2.75. The van der Waals surface area contributed by atoms with Crippen LogP contribution in [0, 0.1) is 0 Å². The van der Waals surface area contributed by atoms with Crippen molar-refractivity contribution in [1.29, 1.82) is 0 Å². The van der Waals surface area contributed by atoms with Crippen LogP contribution in [0.1, 0.15) is 16.2 Å². The van der Waals surface area contributed by atoms with Gasteiger partial charge in [-0.3, -0.25) is 4.68 Å². The molecule has 1 heterocycles. The van der Waals surface area contributed by atoms with Gasteiger partial charge in [0.05, 0.1) is 17.8 Å². The predicted octanol–water partition coefficient (Wildman–Crippen LogP) is 1.49. The standard InChI is InChI=1S/C12H12ClN5O3/c1-18-6-15-10(17-18)5-14-12(21)16-9-4-7(13)2-3-8(9)11(19)20/h2-4,6H,5H2,1H3,(H,19,20)(H2,14,16,21). The monoisotopic (exact) mass is 309 g/mol. The average Bonchev–Trinajstić information content (AvgIpc) is 2.82. The minimum atomic E-state index is -1.16. The maximum absolute atomic E-state index is 11.8. The number of aryl methyl sites for hydroxylation is 1. The summed E-state index contributed by atoms with van der Waals surface area (Å²) in [5.41, 5.74) is 0.0620. The highest BCUT2D eigenvalue weighted by molar-refractivity contribution is 6.31. The Labute approximate surface area is 124 Å². The molecule has 9 heteroatoms. The Bertz CT molecular complexity index is 685. The first kappa shape index (κ1) is 14.8. The second-order valence-electron chi connectivity index (χ2n) is 4.14. The highest BCUT2D eigenvalue weighted by Crippen LogP contribution is 2.21. The number of rotatable bonds is 4. The summed E-state index contributed by atoms with van der Waals surface area (Å²) in [6.45, 7) is 0.121. The van der Waals surface area contributed by atoms with Crippen LogP contribution in [-0.2, 0) is 13.6 Å². The van der Waals surface area contributed by atoms with Crippen molar-refractivity contribution in [2.75, 3.05) is 5.32 Å². The fraction of sp³-hybridized carbons (Fsp3) is 0.167. The number of urea groups is 1. The van der Waals surface area contributed by atoms with E-state index in [1.54, 1.807) is 7.05 Å². The number of carbonyl (C=O) groups is 2. The number of hydrogen-bond donors (Lipinski definition) is 3. The summed E-state index contributed by atoms with van der Waals surface area (Å²) in [6, 6.07) is 3.54. The van der Waals surface area contributed by atoms with Crippen molar-refractivity contribution in [3.8, 4) is 0 Å². The number of nitrogens with one attached hydrogen (secondary N) is 2. The Hall–Kier alpha value is -2.61. The van der Waals surface area contributed by atoms with Crippen LogP contribution in [0.4, 0.5) is 10.5 Å². The van der Waals surface area contributed by atoms with Crippen molar-refractivity contribution in [3.05, 3.63) is 40.9 Å². The number of anilines is 1. The maximum Gasteiger partial charge on any atom is 0.337 e. The number of carbonyl (C=O) groups excluding carboxylic acids is 1. The maximum atomic E-state index is 11.8. The third-order valence-electron chi connectivity index (χ3n) is 2.51. The van der Waals surface area contributed by atoms with Gasteiger partial charge in [0.1, 0.15) is 6.33 Å². The lowest BCUT2D eigenvalue weighted by atomic mass is 10.2. The molecule has 0 saturated carbocycles. The first-order valence-corrected chi connectivity index (χ1v) is 6.25. The molecular weight excluding hydrogens is 298 g/mol. The Morgan fingerprint density at radius 1 is 1.43 bits per heavy atom. The molecule has 0 fully saturated rings. The van der Waals surface area contributed by atoms with Gasteiger partial charge in [-0.2, -0.15) is 5.10 Å². The number of amides is 2. The predicted molar refractivity (Wildman–Crippen MR) is 75.3 cm³/mol. The van der Waals surface area contributed by atoms with Gasteiger partial charge in [-0.15, -0.1) is 0 Å². The van der Waals surface area contributed by atoms with E-state index in [9.17, 15) is 9.59 Å². The first-order chi connectivity index (χ1) is 9.95. The van der Waals surface area contributed by atoms with Gasteiger partial charge in [0.25, 0.3) is 0 Å². The van der Waals surface area contributed by atoms with Crippen molar-refractivity contribution in [1.82, 2.24) is 20.1 Å². The van der Waals surface area contributed by atoms with Gasteiger partial charge in [-0.1, -0.05) is 11.6 Å². The van der Waals surface area contributed by atoms with Crippen LogP contribution in [-0.4, -0.2) is 31.9 Å². The molecule has 0 radical (unpaired) electrons. The lowest BCUT2D eigenvalue weighted by molar-refractivity contribution is 0.0698. The SMILES string of the molecule is Cn1cnc(CNC(=O)Nc2cc(Cl)ccc2C(=O)O)n1. The molecule has 0 saturated heterocycles. The van der Waals surface area contributed by atoms with E-state index >= 15 is 0 Å². The Balaban J connectivity index is 2.02. The summed E-state index contributed by atoms with van der Waals surface area (Å²) in [7, 11) is 1.71. The van der Waals surface area contributed by atoms with Crippen molar-refractivity contribution in [2.45, 2.75) is 6.54 Å². The van der Waals surface area contributed by atoms with Crippen LogP contribution >= 0.6 is 11.6 Å². The molecule has 2 aromatic rings. The molecule has 2 amide bonds. The van der Waals surface area contributed by atoms with Crippen LogP contribution in [0.15, 0.2) is 24.5 Å². The molecule has 2 rings (SSSR count). The zero-order valence-corrected chi connectivity index (χ0v) is 11.8. The number of aromatic carboxylic acids is 1. The van der Waals surface area contributed by atoms with E-state index in [0.29, 0.717) is 10.8 Å². The number of benzene rings is 1. The smallest absolute Gasteiger partial charge is 0.337 e. The Morgan fingerprint density at radius 2 is 2.19 bits per heavy atom. The van der Waals surface area contributed by atoms with Gasteiger partial charge < -0.3 is 15.7 Å². The van der Waals surface area contributed by atoms with E-state index in [-0.39, 0.29) is 17.8 Å². The van der Waals surface area contributed by atoms with E-state index in [2.05, 4.69) is 20.7 Å². The van der Waals surface area contributed by atoms with Gasteiger partial charge in [0.2, 0.25) is 0 Å². The van der Waals surface area contributed by atoms with Gasteiger partial charge >= 0.3 is 12.0 Å². The summed E-state index contributed by atoms with van der Waals surface area (Å²) in [5, 5.41) is 18.3. The van der Waals surface area contributed by atoms with Crippen LogP contribution in [0.3, 0.4) is 0 Å². The lowest BCUT2D eigenvalue weighted by Gasteiger charge is -2.09. The normalized spacial score (nSPS) is 10.2. The number of carboxylic acids is 1. The van der Waals surface area contributed by atoms with Gasteiger partial charge in [-0.05, 0) is 18.2 Å². The molecule has 0 bridgehead atoms. The molecule has 3 N–H and O–H groups in total. The second-order valence-corrected chi connectivity index (χ2v) is 4.57. The van der Waals surface area contributed by atoms with E-state index in [4.69, 9.17) is 16.7 Å². The van der Waals surface area contributed by atoms with Crippen molar-refractivity contribution in [3.63, 3.8) is 0 Å². The highest BCUT2D eigenvalue weighted by atomic mass is 35.5. The number of halogens is 1. The topological polar surface area (TPSA) is 109 Å². The molecule has 0 aliphatic heterocycles. The zero-order chi connectivity index (χ0) is 15.4. The number of carboxylic acid groups (broad SMARTS) is 1. The van der Waals surface area contributed by atoms with Crippen molar-refractivity contribution < 1.29 is 14.7 Å². The summed E-state index contributed by atoms with van der Waals surface area (Å²) >= 11 is 5.79. The fourth-order valence-corrected chi connectivity index (χ4v) is 1.77. The van der Waals surface area contributed by atoms with Crippen LogP contribution in [0.5, 0.6) is 0 Å². The van der Waals surface area contributed by atoms with Crippen LogP contribution in [0.2, 0.25) is 5.02 Å². The fourth-order valence-electron chi connectivity index (χ4n) is 1.60. The molecule has 0 aliphatic carbocycles. The largest absolute Gasteiger partial charge is 0.478 e. The number of hydrogen-bond acceptors (Lipinski definition) is 4. The van der Waals surface area contributed by atoms with Crippen LogP contribution < -0.4 is 10.6 Å². The van der Waals surface area contributed by atoms with E-state index in [1.165, 1.54) is 29.2 Å². The second kappa shape index (κ2) is 6.23. The number of nitrogens with zero attached hydrogens (tertiary/aromatic N) is 3. The molecule has 8 nitrogen and oxygen atoms in total. The minimum absolute atomic E-state index is 0.0505. The first-order valence-electron chi connectivity index (χ1n) is 5.88. The quantitative estimate of drug-likeness (QED) is 0.792. The van der Waals surface area contributed by atoms with E-state index < -0.39 is 12.0 Å². The molecule has 0 unspecified atom stereocenters. The summed E-state index contributed by atoms with van der Waals surface area (Å²) in [5.74, 6) is -0.717. The van der Waals surface area contributed by atoms with Crippen molar-refractivity contribution >= 4 is 29.3 Å². The van der Waals surface area contributed by atoms with Gasteiger partial charge in [-0.25, -0.2) is 14.6 Å². The van der Waals surface area contributed by atoms with E-state index in [0.717, 1.165) is 0 Å². The molecular formula is C12H12ClN5O3. The molecule has 110 valence electrons. The van der Waals surface area contributed by atoms with Crippen LogP contribution in [0.25, 0.3) is 0 Å². The summed E-state index contributed by atoms with van der Waals surface area (Å²) in [6.07, 6.45) is 1.51. The summed E-state index contributed by atoms with van der Waals surface area (Å²) < 4.78 is 1.51. The van der Waals surface area contributed by atoms with Gasteiger partial charge in [0, 0.05) is 12.1 Å². The summed E-state index contributed by atoms with van der Waals surface area (Å²) in [4.78, 5) is 26.8. The molecule has 0 aliphatic rings. The zero-order valence-electron chi connectivity index (χ0n) is 11.0. The Kier molecular flexibility index (Phi) is 4.39. The molecule has 21 heavy (non-hydrogen) atoms. The lowest BCUT2D eigenvalue weighted by Crippen LogP contribution is -2.29.